The molecule has 1 amide bonds. The molecule has 0 atom stereocenters. The Morgan fingerprint density at radius 1 is 1.63 bits per heavy atom. The fraction of sp³-hybridized carbons (Fsp3) is 0.357. The zero-order valence-corrected chi connectivity index (χ0v) is 10.9. The molecule has 1 aromatic heterocycles. The molecule has 0 unspecified atom stereocenters. The molecular weight excluding hydrogens is 242 g/mol. The summed E-state index contributed by atoms with van der Waals surface area (Å²) in [7, 11) is 0. The highest BCUT2D eigenvalue weighted by molar-refractivity contribution is 6.01. The smallest absolute Gasteiger partial charge is 0.261 e. The maximum atomic E-state index is 11.7. The number of nitrogens with one attached hydrogen (secondary N) is 1. The SMILES string of the molecule is CCOCCCNC(=O)/C(C#N)=C/c1cccnc1. The van der Waals surface area contributed by atoms with Gasteiger partial charge >= 0.3 is 0 Å². The van der Waals surface area contributed by atoms with Crippen LogP contribution in [0.5, 0.6) is 0 Å². The zero-order valence-electron chi connectivity index (χ0n) is 10.9. The second-order valence-corrected chi connectivity index (χ2v) is 3.76. The van der Waals surface area contributed by atoms with Gasteiger partial charge < -0.3 is 10.1 Å². The van der Waals surface area contributed by atoms with Crippen LogP contribution in [0.4, 0.5) is 0 Å². The Balaban J connectivity index is 2.49. The van der Waals surface area contributed by atoms with E-state index in [4.69, 9.17) is 10.00 Å². The van der Waals surface area contributed by atoms with Crippen LogP contribution in [0.25, 0.3) is 6.08 Å². The van der Waals surface area contributed by atoms with Crippen LogP contribution in [0.1, 0.15) is 18.9 Å². The molecule has 0 fully saturated rings. The maximum absolute atomic E-state index is 11.7. The lowest BCUT2D eigenvalue weighted by atomic mass is 10.1. The first kappa shape index (κ1) is 14.9. The fourth-order valence-corrected chi connectivity index (χ4v) is 1.39. The van der Waals surface area contributed by atoms with Crippen molar-refractivity contribution in [2.75, 3.05) is 19.8 Å². The molecule has 0 saturated carbocycles. The van der Waals surface area contributed by atoms with Gasteiger partial charge in [0.2, 0.25) is 0 Å². The van der Waals surface area contributed by atoms with E-state index in [-0.39, 0.29) is 11.5 Å². The first-order valence-corrected chi connectivity index (χ1v) is 6.15. The van der Waals surface area contributed by atoms with E-state index in [1.165, 1.54) is 6.08 Å². The Bertz CT molecular complexity index is 463. The molecule has 1 aromatic rings. The largest absolute Gasteiger partial charge is 0.382 e. The number of ether oxygens (including phenoxy) is 1. The molecule has 0 bridgehead atoms. The Morgan fingerprint density at radius 2 is 2.47 bits per heavy atom. The number of carbonyl (C=O) groups is 1. The van der Waals surface area contributed by atoms with Crippen molar-refractivity contribution in [2.45, 2.75) is 13.3 Å². The van der Waals surface area contributed by atoms with Crippen LogP contribution < -0.4 is 5.32 Å². The third-order valence-corrected chi connectivity index (χ3v) is 2.32. The monoisotopic (exact) mass is 259 g/mol. The molecule has 100 valence electrons. The number of hydrogen-bond acceptors (Lipinski definition) is 4. The number of carbonyl (C=O) groups excluding carboxylic acids is 1. The molecule has 5 heteroatoms. The fourth-order valence-electron chi connectivity index (χ4n) is 1.39. The minimum absolute atomic E-state index is 0.0735. The van der Waals surface area contributed by atoms with Gasteiger partial charge in [0.05, 0.1) is 0 Å². The minimum Gasteiger partial charge on any atom is -0.382 e. The van der Waals surface area contributed by atoms with Gasteiger partial charge in [0, 0.05) is 32.2 Å². The number of nitrogens with zero attached hydrogens (tertiary/aromatic N) is 2. The van der Waals surface area contributed by atoms with E-state index in [1.807, 2.05) is 13.0 Å². The van der Waals surface area contributed by atoms with Crippen LogP contribution in [-0.2, 0) is 9.53 Å². The van der Waals surface area contributed by atoms with Gasteiger partial charge in [-0.1, -0.05) is 6.07 Å². The van der Waals surface area contributed by atoms with E-state index in [0.29, 0.717) is 19.8 Å². The summed E-state index contributed by atoms with van der Waals surface area (Å²) in [6.45, 7) is 3.68. The topological polar surface area (TPSA) is 75.0 Å². The Kier molecular flexibility index (Phi) is 6.92. The molecule has 0 aromatic carbocycles. The van der Waals surface area contributed by atoms with Crippen molar-refractivity contribution in [1.82, 2.24) is 10.3 Å². The van der Waals surface area contributed by atoms with E-state index >= 15 is 0 Å². The molecule has 5 nitrogen and oxygen atoms in total. The average Bonchev–Trinajstić information content (AvgIpc) is 2.45. The van der Waals surface area contributed by atoms with Gasteiger partial charge in [-0.3, -0.25) is 9.78 Å². The summed E-state index contributed by atoms with van der Waals surface area (Å²) in [4.78, 5) is 15.7. The molecular formula is C14H17N3O2. The summed E-state index contributed by atoms with van der Waals surface area (Å²) in [5, 5.41) is 11.7. The minimum atomic E-state index is -0.372. The van der Waals surface area contributed by atoms with Gasteiger partial charge in [0.15, 0.2) is 0 Å². The van der Waals surface area contributed by atoms with Crippen LogP contribution in [0.2, 0.25) is 0 Å². The highest BCUT2D eigenvalue weighted by Crippen LogP contribution is 2.04. The van der Waals surface area contributed by atoms with Gasteiger partial charge in [0.25, 0.3) is 5.91 Å². The third kappa shape index (κ3) is 5.80. The number of amides is 1. The molecule has 1 heterocycles. The summed E-state index contributed by atoms with van der Waals surface area (Å²) < 4.78 is 5.16. The van der Waals surface area contributed by atoms with Crippen molar-refractivity contribution in [1.29, 1.82) is 5.26 Å². The van der Waals surface area contributed by atoms with E-state index in [2.05, 4.69) is 10.3 Å². The van der Waals surface area contributed by atoms with Crippen LogP contribution >= 0.6 is 0 Å². The van der Waals surface area contributed by atoms with Gasteiger partial charge in [0.1, 0.15) is 11.6 Å². The number of hydrogen-bond donors (Lipinski definition) is 1. The summed E-state index contributed by atoms with van der Waals surface area (Å²) in [5.41, 5.74) is 0.799. The Labute approximate surface area is 112 Å². The molecule has 1 N–H and O–H groups in total. The summed E-state index contributed by atoms with van der Waals surface area (Å²) in [6, 6.07) is 5.43. The van der Waals surface area contributed by atoms with Gasteiger partial charge in [-0.2, -0.15) is 5.26 Å². The number of aromatic nitrogens is 1. The highest BCUT2D eigenvalue weighted by Gasteiger charge is 2.07. The molecule has 19 heavy (non-hydrogen) atoms. The predicted molar refractivity (Wildman–Crippen MR) is 71.9 cm³/mol. The normalized spacial score (nSPS) is 10.8. The lowest BCUT2D eigenvalue weighted by molar-refractivity contribution is -0.117. The van der Waals surface area contributed by atoms with Crippen molar-refractivity contribution < 1.29 is 9.53 Å². The number of rotatable bonds is 7. The standard InChI is InChI=1S/C14H17N3O2/c1-2-19-8-4-7-17-14(18)13(10-15)9-12-5-3-6-16-11-12/h3,5-6,9,11H,2,4,7-8H2,1H3,(H,17,18)/b13-9+. The highest BCUT2D eigenvalue weighted by atomic mass is 16.5. The summed E-state index contributed by atoms with van der Waals surface area (Å²) >= 11 is 0. The first-order valence-electron chi connectivity index (χ1n) is 6.15. The van der Waals surface area contributed by atoms with Crippen LogP contribution in [0, 0.1) is 11.3 Å². The second-order valence-electron chi connectivity index (χ2n) is 3.76. The van der Waals surface area contributed by atoms with Gasteiger partial charge in [-0.25, -0.2) is 0 Å². The van der Waals surface area contributed by atoms with Crippen molar-refractivity contribution in [3.63, 3.8) is 0 Å². The second kappa shape index (κ2) is 8.84. The number of nitriles is 1. The lowest BCUT2D eigenvalue weighted by Gasteiger charge is -2.04. The molecule has 0 radical (unpaired) electrons. The summed E-state index contributed by atoms with van der Waals surface area (Å²) in [5.74, 6) is -0.372. The van der Waals surface area contributed by atoms with Gasteiger partial charge in [-0.15, -0.1) is 0 Å². The third-order valence-electron chi connectivity index (χ3n) is 2.32. The predicted octanol–water partition coefficient (Wildman–Crippen LogP) is 1.53. The van der Waals surface area contributed by atoms with Crippen LogP contribution in [0.3, 0.4) is 0 Å². The van der Waals surface area contributed by atoms with Gasteiger partial charge in [-0.05, 0) is 31.1 Å². The van der Waals surface area contributed by atoms with E-state index in [9.17, 15) is 4.79 Å². The number of pyridine rings is 1. The molecule has 0 aliphatic carbocycles. The van der Waals surface area contributed by atoms with Crippen molar-refractivity contribution in [2.24, 2.45) is 0 Å². The zero-order chi connectivity index (χ0) is 13.9. The van der Waals surface area contributed by atoms with E-state index in [1.54, 1.807) is 24.5 Å². The first-order chi connectivity index (χ1) is 9.27. The lowest BCUT2D eigenvalue weighted by Crippen LogP contribution is -2.26. The quantitative estimate of drug-likeness (QED) is 0.458. The van der Waals surface area contributed by atoms with Crippen molar-refractivity contribution >= 4 is 12.0 Å². The molecule has 0 spiro atoms. The average molecular weight is 259 g/mol. The summed E-state index contributed by atoms with van der Waals surface area (Å²) in [6.07, 6.45) is 5.48. The van der Waals surface area contributed by atoms with Crippen LogP contribution in [-0.4, -0.2) is 30.6 Å². The molecule has 1 rings (SSSR count). The van der Waals surface area contributed by atoms with E-state index < -0.39 is 0 Å². The van der Waals surface area contributed by atoms with Crippen LogP contribution in [0.15, 0.2) is 30.1 Å². The maximum Gasteiger partial charge on any atom is 0.261 e. The molecule has 0 aliphatic rings. The Hall–Kier alpha value is -2.19. The van der Waals surface area contributed by atoms with Crippen molar-refractivity contribution in [3.8, 4) is 6.07 Å². The Morgan fingerprint density at radius 3 is 3.11 bits per heavy atom. The van der Waals surface area contributed by atoms with E-state index in [0.717, 1.165) is 12.0 Å². The molecule has 0 saturated heterocycles. The molecule has 0 aliphatic heterocycles. The van der Waals surface area contributed by atoms with Crippen molar-refractivity contribution in [3.05, 3.63) is 35.7 Å².